The number of thiophene rings is 1. The average Bonchev–Trinajstić information content (AvgIpc) is 2.82. The van der Waals surface area contributed by atoms with Crippen molar-refractivity contribution in [3.05, 3.63) is 34.5 Å². The number of thioether (sulfide) groups is 1. The Morgan fingerprint density at radius 3 is 2.65 bits per heavy atom. The summed E-state index contributed by atoms with van der Waals surface area (Å²) < 4.78 is 22.4. The van der Waals surface area contributed by atoms with Gasteiger partial charge in [0.25, 0.3) is 0 Å². The summed E-state index contributed by atoms with van der Waals surface area (Å²) in [5, 5.41) is 10.6. The highest BCUT2D eigenvalue weighted by Gasteiger charge is 2.16. The minimum absolute atomic E-state index is 0.129. The highest BCUT2D eigenvalue weighted by atomic mass is 32.2. The molecule has 7 heteroatoms. The fourth-order valence-corrected chi connectivity index (χ4v) is 4.94. The molecule has 2 heterocycles. The number of sulfonamides is 1. The SMILES string of the molecule is NS(=O)(=O)c1ccc(Nc2csc3c2SCCC3)cc1. The number of hydrogen-bond acceptors (Lipinski definition) is 5. The molecule has 3 rings (SSSR count). The van der Waals surface area contributed by atoms with E-state index in [-0.39, 0.29) is 4.90 Å². The largest absolute Gasteiger partial charge is 0.354 e. The van der Waals surface area contributed by atoms with Crippen LogP contribution < -0.4 is 10.5 Å². The average molecular weight is 326 g/mol. The Bertz CT molecular complexity index is 721. The molecule has 1 aliphatic rings. The Morgan fingerprint density at radius 2 is 1.95 bits per heavy atom. The maximum Gasteiger partial charge on any atom is 0.238 e. The number of hydrogen-bond donors (Lipinski definition) is 2. The minimum atomic E-state index is -3.63. The molecule has 3 N–H and O–H groups in total. The minimum Gasteiger partial charge on any atom is -0.354 e. The Morgan fingerprint density at radius 1 is 1.20 bits per heavy atom. The van der Waals surface area contributed by atoms with Gasteiger partial charge in [0.15, 0.2) is 0 Å². The van der Waals surface area contributed by atoms with Crippen LogP contribution in [0.2, 0.25) is 0 Å². The molecule has 0 unspecified atom stereocenters. The van der Waals surface area contributed by atoms with Gasteiger partial charge in [-0.15, -0.1) is 23.1 Å². The van der Waals surface area contributed by atoms with Crippen LogP contribution in [0, 0.1) is 0 Å². The van der Waals surface area contributed by atoms with Crippen molar-refractivity contribution in [3.8, 4) is 0 Å². The molecule has 2 aromatic rings. The van der Waals surface area contributed by atoms with Crippen molar-refractivity contribution in [3.63, 3.8) is 0 Å². The fraction of sp³-hybridized carbons (Fsp3) is 0.231. The Hall–Kier alpha value is -1.02. The Labute approximate surface area is 126 Å². The van der Waals surface area contributed by atoms with Gasteiger partial charge in [0, 0.05) is 20.8 Å². The Kier molecular flexibility index (Phi) is 3.76. The van der Waals surface area contributed by atoms with E-state index in [1.54, 1.807) is 23.5 Å². The van der Waals surface area contributed by atoms with Crippen molar-refractivity contribution < 1.29 is 8.42 Å². The van der Waals surface area contributed by atoms with Gasteiger partial charge < -0.3 is 5.32 Å². The zero-order valence-electron chi connectivity index (χ0n) is 10.6. The molecule has 0 saturated heterocycles. The van der Waals surface area contributed by atoms with Gasteiger partial charge in [-0.1, -0.05) is 0 Å². The van der Waals surface area contributed by atoms with Crippen LogP contribution in [0.25, 0.3) is 0 Å². The van der Waals surface area contributed by atoms with Crippen molar-refractivity contribution in [2.24, 2.45) is 5.14 Å². The van der Waals surface area contributed by atoms with Crippen LogP contribution in [-0.4, -0.2) is 14.2 Å². The highest BCUT2D eigenvalue weighted by molar-refractivity contribution is 7.99. The second-order valence-corrected chi connectivity index (χ2v) is 8.18. The van der Waals surface area contributed by atoms with Crippen molar-refractivity contribution >= 4 is 44.5 Å². The van der Waals surface area contributed by atoms with E-state index in [1.807, 2.05) is 11.8 Å². The molecular weight excluding hydrogens is 312 g/mol. The van der Waals surface area contributed by atoms with E-state index in [2.05, 4.69) is 10.7 Å². The Balaban J connectivity index is 1.83. The predicted octanol–water partition coefficient (Wildman–Crippen LogP) is 3.18. The lowest BCUT2D eigenvalue weighted by Crippen LogP contribution is -2.11. The molecule has 0 radical (unpaired) electrons. The number of anilines is 2. The second-order valence-electron chi connectivity index (χ2n) is 4.55. The number of primary sulfonamides is 1. The molecule has 106 valence electrons. The lowest BCUT2D eigenvalue weighted by atomic mass is 10.2. The van der Waals surface area contributed by atoms with Crippen molar-refractivity contribution in [2.45, 2.75) is 22.6 Å². The zero-order valence-corrected chi connectivity index (χ0v) is 13.1. The molecule has 4 nitrogen and oxygen atoms in total. The topological polar surface area (TPSA) is 72.2 Å². The number of nitrogens with two attached hydrogens (primary N) is 1. The molecular formula is C13H14N2O2S3. The predicted molar refractivity (Wildman–Crippen MR) is 84.5 cm³/mol. The number of aryl methyl sites for hydroxylation is 1. The maximum absolute atomic E-state index is 11.2. The molecule has 0 aliphatic carbocycles. The highest BCUT2D eigenvalue weighted by Crippen LogP contribution is 2.41. The molecule has 0 fully saturated rings. The molecule has 0 atom stereocenters. The van der Waals surface area contributed by atoms with E-state index in [0.717, 1.165) is 23.5 Å². The first-order valence-electron chi connectivity index (χ1n) is 6.17. The van der Waals surface area contributed by atoms with E-state index in [9.17, 15) is 8.42 Å². The number of rotatable bonds is 3. The first-order valence-corrected chi connectivity index (χ1v) is 9.58. The van der Waals surface area contributed by atoms with E-state index < -0.39 is 10.0 Å². The standard InChI is InChI=1S/C13H14N2O2S3/c14-20(16,17)10-5-3-9(4-6-10)15-11-8-19-12-2-1-7-18-13(11)12/h3-6,8,15H,1-2,7H2,(H2,14,16,17). The summed E-state index contributed by atoms with van der Waals surface area (Å²) in [7, 11) is -3.63. The molecule has 1 aromatic carbocycles. The van der Waals surface area contributed by atoms with Crippen LogP contribution in [0.4, 0.5) is 11.4 Å². The van der Waals surface area contributed by atoms with Gasteiger partial charge in [0.05, 0.1) is 10.6 Å². The number of nitrogens with one attached hydrogen (secondary N) is 1. The second kappa shape index (κ2) is 5.40. The number of fused-ring (bicyclic) bond motifs is 1. The van der Waals surface area contributed by atoms with Gasteiger partial charge in [-0.05, 0) is 42.9 Å². The third-order valence-electron chi connectivity index (χ3n) is 3.07. The van der Waals surface area contributed by atoms with Gasteiger partial charge in [0.1, 0.15) is 0 Å². The summed E-state index contributed by atoms with van der Waals surface area (Å²) in [5.74, 6) is 1.16. The molecule has 0 amide bonds. The van der Waals surface area contributed by atoms with Gasteiger partial charge in [-0.25, -0.2) is 13.6 Å². The molecule has 1 aromatic heterocycles. The molecule has 20 heavy (non-hydrogen) atoms. The summed E-state index contributed by atoms with van der Waals surface area (Å²) in [6.45, 7) is 0. The van der Waals surface area contributed by atoms with Crippen molar-refractivity contribution in [1.29, 1.82) is 0 Å². The molecule has 0 bridgehead atoms. The summed E-state index contributed by atoms with van der Waals surface area (Å²) in [6, 6.07) is 6.50. The first-order chi connectivity index (χ1) is 9.54. The summed E-state index contributed by atoms with van der Waals surface area (Å²) in [6.07, 6.45) is 2.39. The quantitative estimate of drug-likeness (QED) is 0.908. The molecule has 1 aliphatic heterocycles. The first kappa shape index (κ1) is 13.9. The van der Waals surface area contributed by atoms with Crippen molar-refractivity contribution in [2.75, 3.05) is 11.1 Å². The third-order valence-corrected chi connectivity index (χ3v) is 6.43. The molecule has 0 saturated carbocycles. The lowest BCUT2D eigenvalue weighted by molar-refractivity contribution is 0.598. The molecule has 0 spiro atoms. The van der Waals surface area contributed by atoms with E-state index in [1.165, 1.54) is 28.3 Å². The van der Waals surface area contributed by atoms with Crippen LogP contribution in [0.1, 0.15) is 11.3 Å². The normalized spacial score (nSPS) is 14.8. The maximum atomic E-state index is 11.2. The van der Waals surface area contributed by atoms with Crippen molar-refractivity contribution in [1.82, 2.24) is 0 Å². The third kappa shape index (κ3) is 2.85. The summed E-state index contributed by atoms with van der Waals surface area (Å²) in [5.41, 5.74) is 1.97. The van der Waals surface area contributed by atoms with Crippen LogP contribution in [-0.2, 0) is 16.4 Å². The van der Waals surface area contributed by atoms with Gasteiger partial charge >= 0.3 is 0 Å². The van der Waals surface area contributed by atoms with Crippen LogP contribution in [0.5, 0.6) is 0 Å². The van der Waals surface area contributed by atoms with Crippen LogP contribution in [0.3, 0.4) is 0 Å². The number of benzene rings is 1. The van der Waals surface area contributed by atoms with Gasteiger partial charge in [-0.3, -0.25) is 0 Å². The summed E-state index contributed by atoms with van der Waals surface area (Å²) in [4.78, 5) is 2.89. The smallest absolute Gasteiger partial charge is 0.238 e. The summed E-state index contributed by atoms with van der Waals surface area (Å²) >= 11 is 3.66. The van der Waals surface area contributed by atoms with E-state index in [4.69, 9.17) is 5.14 Å². The van der Waals surface area contributed by atoms with E-state index >= 15 is 0 Å². The van der Waals surface area contributed by atoms with Gasteiger partial charge in [-0.2, -0.15) is 0 Å². The van der Waals surface area contributed by atoms with Crippen LogP contribution >= 0.6 is 23.1 Å². The fourth-order valence-electron chi connectivity index (χ4n) is 2.09. The lowest BCUT2D eigenvalue weighted by Gasteiger charge is -2.13. The zero-order chi connectivity index (χ0) is 14.2. The van der Waals surface area contributed by atoms with E-state index in [0.29, 0.717) is 0 Å². The monoisotopic (exact) mass is 326 g/mol. The van der Waals surface area contributed by atoms with Gasteiger partial charge in [0.2, 0.25) is 10.0 Å². The van der Waals surface area contributed by atoms with Crippen LogP contribution in [0.15, 0.2) is 39.4 Å².